The van der Waals surface area contributed by atoms with Gasteiger partial charge in [-0.05, 0) is 61.9 Å². The molecule has 2 aromatic heterocycles. The maximum atomic E-state index is 13.6. The molecule has 12 heteroatoms. The monoisotopic (exact) mass is 645 g/mol. The smallest absolute Gasteiger partial charge is 0.244 e. The predicted molar refractivity (Wildman–Crippen MR) is 182 cm³/mol. The Balaban J connectivity index is 0.942. The number of hydrogen-bond donors (Lipinski definition) is 2. The third-order valence-electron chi connectivity index (χ3n) is 9.52. The number of likely N-dealkylation sites (tertiary alicyclic amines) is 1. The van der Waals surface area contributed by atoms with Gasteiger partial charge in [0, 0.05) is 86.0 Å². The summed E-state index contributed by atoms with van der Waals surface area (Å²) in [6.07, 6.45) is 14.6. The first kappa shape index (κ1) is 31.4. The van der Waals surface area contributed by atoms with Crippen molar-refractivity contribution in [1.29, 1.82) is 0 Å². The molecule has 3 atom stereocenters. The minimum Gasteiger partial charge on any atom is -0.336 e. The van der Waals surface area contributed by atoms with E-state index in [-0.39, 0.29) is 36.4 Å². The number of carbonyl (C=O) groups excluding carboxylic acids is 2. The van der Waals surface area contributed by atoms with Crippen molar-refractivity contribution in [3.8, 4) is 23.6 Å². The summed E-state index contributed by atoms with van der Waals surface area (Å²) in [5, 5.41) is 11.2. The number of aromatic amines is 1. The molecule has 2 aromatic carbocycles. The van der Waals surface area contributed by atoms with Gasteiger partial charge >= 0.3 is 0 Å². The number of anilines is 1. The number of dihydropyridines is 1. The van der Waals surface area contributed by atoms with E-state index in [1.807, 2.05) is 28.1 Å². The summed E-state index contributed by atoms with van der Waals surface area (Å²) in [5.74, 6) is 2.85. The summed E-state index contributed by atoms with van der Waals surface area (Å²) >= 11 is 0. The molecule has 2 fully saturated rings. The summed E-state index contributed by atoms with van der Waals surface area (Å²) in [5.41, 5.74) is 2.64. The van der Waals surface area contributed by atoms with Crippen molar-refractivity contribution in [2.45, 2.75) is 32.0 Å². The number of carbonyl (C=O) groups is 2. The largest absolute Gasteiger partial charge is 0.336 e. The molecule has 11 nitrogen and oxygen atoms in total. The zero-order chi connectivity index (χ0) is 33.3. The van der Waals surface area contributed by atoms with Crippen molar-refractivity contribution in [3.05, 3.63) is 78.6 Å². The zero-order valence-electron chi connectivity index (χ0n) is 26.6. The van der Waals surface area contributed by atoms with Gasteiger partial charge in [-0.25, -0.2) is 14.4 Å². The van der Waals surface area contributed by atoms with E-state index in [1.165, 1.54) is 12.1 Å². The molecule has 0 aliphatic carbocycles. The number of terminal acetylenes is 1. The zero-order valence-corrected chi connectivity index (χ0v) is 26.6. The SMILES string of the molecule is C#CC1(C(=O)Nc2ccc3[nH]nc(-c4ccc(F)cc4)c3c2)CCN(CC(=O)N2CCN(C3CC=C(c4ncccn4)C=N3)C[C@H]2C)C1. The molecule has 3 aliphatic rings. The van der Waals surface area contributed by atoms with E-state index in [4.69, 9.17) is 11.4 Å². The summed E-state index contributed by atoms with van der Waals surface area (Å²) in [6.45, 7) is 5.16. The Bertz CT molecular complexity index is 1930. The highest BCUT2D eigenvalue weighted by molar-refractivity contribution is 6.08. The lowest BCUT2D eigenvalue weighted by Crippen LogP contribution is -2.57. The Morgan fingerprint density at radius 2 is 1.94 bits per heavy atom. The Labute approximate surface area is 278 Å². The lowest BCUT2D eigenvalue weighted by atomic mass is 9.87. The maximum absolute atomic E-state index is 13.6. The fraction of sp³-hybridized carbons (Fsp3) is 0.333. The Hall–Kier alpha value is -5.25. The van der Waals surface area contributed by atoms with Gasteiger partial charge in [0.25, 0.3) is 0 Å². The van der Waals surface area contributed by atoms with Crippen LogP contribution in [0.15, 0.2) is 72.0 Å². The van der Waals surface area contributed by atoms with E-state index in [0.717, 1.165) is 41.5 Å². The van der Waals surface area contributed by atoms with E-state index in [2.05, 4.69) is 49.3 Å². The lowest BCUT2D eigenvalue weighted by molar-refractivity contribution is -0.137. The highest BCUT2D eigenvalue weighted by Gasteiger charge is 2.44. The summed E-state index contributed by atoms with van der Waals surface area (Å²) in [4.78, 5) is 46.8. The van der Waals surface area contributed by atoms with Crippen LogP contribution in [0.1, 0.15) is 25.6 Å². The average molecular weight is 646 g/mol. The van der Waals surface area contributed by atoms with Crippen LogP contribution in [0.2, 0.25) is 0 Å². The van der Waals surface area contributed by atoms with Crippen molar-refractivity contribution in [1.82, 2.24) is 34.9 Å². The van der Waals surface area contributed by atoms with E-state index < -0.39 is 5.41 Å². The molecule has 48 heavy (non-hydrogen) atoms. The molecule has 244 valence electrons. The molecule has 4 aromatic rings. The van der Waals surface area contributed by atoms with E-state index in [1.54, 1.807) is 36.7 Å². The number of fused-ring (bicyclic) bond motifs is 1. The molecule has 2 saturated heterocycles. The molecule has 2 N–H and O–H groups in total. The van der Waals surface area contributed by atoms with Crippen LogP contribution in [-0.4, -0.2) is 104 Å². The van der Waals surface area contributed by atoms with Gasteiger partial charge < -0.3 is 10.2 Å². The first-order valence-electron chi connectivity index (χ1n) is 16.1. The minimum atomic E-state index is -1.06. The van der Waals surface area contributed by atoms with Gasteiger partial charge in [-0.3, -0.25) is 29.5 Å². The average Bonchev–Trinajstić information content (AvgIpc) is 3.74. The van der Waals surface area contributed by atoms with Gasteiger partial charge in [0.15, 0.2) is 5.82 Å². The molecule has 0 spiro atoms. The molecule has 2 amide bonds. The molecule has 2 unspecified atom stereocenters. The number of piperazine rings is 1. The standard InChI is InChI=1S/C36H36FN9O2/c1-3-36(35(48)41-28-10-11-30-29(19-28)33(43-42-30)25-5-8-27(37)9-6-25)13-16-44(23-36)22-32(47)46-18-17-45(21-24(46)2)31-12-7-26(20-40-31)34-38-14-4-15-39-34/h1,4-11,14-15,19-20,24,31H,12-13,16-18,21-23H2,2H3,(H,41,48)(H,42,43)/t24-,31?,36?/m1/s1. The second-order valence-electron chi connectivity index (χ2n) is 12.6. The molecule has 0 bridgehead atoms. The van der Waals surface area contributed by atoms with Crippen LogP contribution in [0, 0.1) is 23.6 Å². The van der Waals surface area contributed by atoms with Crippen LogP contribution in [0.25, 0.3) is 27.7 Å². The summed E-state index contributed by atoms with van der Waals surface area (Å²) in [7, 11) is 0. The molecule has 0 radical (unpaired) electrons. The first-order valence-corrected chi connectivity index (χ1v) is 16.1. The quantitative estimate of drug-likeness (QED) is 0.293. The molecule has 7 rings (SSSR count). The van der Waals surface area contributed by atoms with Crippen molar-refractivity contribution in [2.75, 3.05) is 44.6 Å². The van der Waals surface area contributed by atoms with Gasteiger partial charge in [0.2, 0.25) is 11.8 Å². The molecule has 0 saturated carbocycles. The van der Waals surface area contributed by atoms with Crippen molar-refractivity contribution < 1.29 is 14.0 Å². The van der Waals surface area contributed by atoms with Crippen molar-refractivity contribution in [2.24, 2.45) is 10.4 Å². The minimum absolute atomic E-state index is 0.0187. The molecular weight excluding hydrogens is 609 g/mol. The van der Waals surface area contributed by atoms with Crippen LogP contribution in [-0.2, 0) is 9.59 Å². The van der Waals surface area contributed by atoms with Gasteiger partial charge in [-0.1, -0.05) is 12.0 Å². The number of amides is 2. The summed E-state index contributed by atoms with van der Waals surface area (Å²) < 4.78 is 13.5. The van der Waals surface area contributed by atoms with Crippen LogP contribution < -0.4 is 5.32 Å². The molecular formula is C36H36FN9O2. The number of aliphatic imine (C=N–C) groups is 1. The number of aromatic nitrogens is 4. The van der Waals surface area contributed by atoms with E-state index in [9.17, 15) is 14.0 Å². The van der Waals surface area contributed by atoms with Crippen LogP contribution in [0.5, 0.6) is 0 Å². The number of halogens is 1. The second kappa shape index (κ2) is 13.1. The van der Waals surface area contributed by atoms with Crippen molar-refractivity contribution in [3.63, 3.8) is 0 Å². The number of rotatable bonds is 7. The molecule has 3 aliphatic heterocycles. The number of hydrogen-bond acceptors (Lipinski definition) is 8. The number of allylic oxidation sites excluding steroid dienone is 1. The number of nitrogens with zero attached hydrogens (tertiary/aromatic N) is 7. The Morgan fingerprint density at radius 1 is 1.12 bits per heavy atom. The topological polar surface area (TPSA) is 123 Å². The first-order chi connectivity index (χ1) is 23.3. The Morgan fingerprint density at radius 3 is 2.67 bits per heavy atom. The predicted octanol–water partition coefficient (Wildman–Crippen LogP) is 3.84. The van der Waals surface area contributed by atoms with Crippen LogP contribution >= 0.6 is 0 Å². The van der Waals surface area contributed by atoms with Gasteiger partial charge in [-0.2, -0.15) is 5.10 Å². The highest BCUT2D eigenvalue weighted by atomic mass is 19.1. The van der Waals surface area contributed by atoms with Gasteiger partial charge in [0.05, 0.1) is 17.8 Å². The van der Waals surface area contributed by atoms with Crippen LogP contribution in [0.3, 0.4) is 0 Å². The Kier molecular flexibility index (Phi) is 8.56. The molecule has 5 heterocycles. The third-order valence-corrected chi connectivity index (χ3v) is 9.52. The van der Waals surface area contributed by atoms with E-state index in [0.29, 0.717) is 43.3 Å². The highest BCUT2D eigenvalue weighted by Crippen LogP contribution is 2.33. The number of nitrogens with one attached hydrogen (secondary N) is 2. The van der Waals surface area contributed by atoms with Crippen molar-refractivity contribution >= 4 is 40.2 Å². The van der Waals surface area contributed by atoms with Gasteiger partial charge in [-0.15, -0.1) is 6.42 Å². The lowest BCUT2D eigenvalue weighted by Gasteiger charge is -2.42. The normalized spacial score (nSPS) is 23.2. The third kappa shape index (κ3) is 6.22. The number of benzene rings is 2. The number of H-pyrrole nitrogens is 1. The fourth-order valence-electron chi connectivity index (χ4n) is 6.82. The maximum Gasteiger partial charge on any atom is 0.244 e. The fourth-order valence-corrected chi connectivity index (χ4v) is 6.82. The van der Waals surface area contributed by atoms with Crippen LogP contribution in [0.4, 0.5) is 10.1 Å². The van der Waals surface area contributed by atoms with E-state index >= 15 is 0 Å². The summed E-state index contributed by atoms with van der Waals surface area (Å²) in [6, 6.07) is 13.4. The second-order valence-corrected chi connectivity index (χ2v) is 12.6. The van der Waals surface area contributed by atoms with Gasteiger partial charge in [0.1, 0.15) is 17.4 Å².